The summed E-state index contributed by atoms with van der Waals surface area (Å²) in [7, 11) is -4.20. The standard InChI is InChI=1S/C38H44ClF2N5O3S/c1-24(2)43-50(48,49)36-22-31(32(39)23-33(36)41)37(47)44-16-13-38(14-17-44,26-7-6-8-27(40)19-26)15-18-45-28-11-12-29(45)21-30(20-28)46-25(3)42-34-9-4-5-10-35(34)46/h4-10,19,22-24,28-30,43H,11-18,20-21H2,1-3H3. The van der Waals surface area contributed by atoms with E-state index in [1.165, 1.54) is 11.6 Å². The molecule has 2 unspecified atom stereocenters. The van der Waals surface area contributed by atoms with Crippen molar-refractivity contribution in [3.8, 4) is 0 Å². The minimum atomic E-state index is -4.20. The van der Waals surface area contributed by atoms with Crippen LogP contribution >= 0.6 is 11.6 Å². The molecule has 3 aliphatic heterocycles. The van der Waals surface area contributed by atoms with Crippen LogP contribution < -0.4 is 4.72 Å². The monoisotopic (exact) mass is 723 g/mol. The second-order valence-electron chi connectivity index (χ2n) is 14.6. The third-order valence-corrected chi connectivity index (χ3v) is 13.2. The summed E-state index contributed by atoms with van der Waals surface area (Å²) in [6, 6.07) is 18.0. The molecular weight excluding hydrogens is 680 g/mol. The number of hydrogen-bond acceptors (Lipinski definition) is 5. The lowest BCUT2D eigenvalue weighted by Gasteiger charge is -2.45. The van der Waals surface area contributed by atoms with Gasteiger partial charge in [-0.3, -0.25) is 9.69 Å². The highest BCUT2D eigenvalue weighted by atomic mass is 35.5. The highest BCUT2D eigenvalue weighted by molar-refractivity contribution is 7.89. The molecule has 3 aromatic carbocycles. The van der Waals surface area contributed by atoms with E-state index < -0.39 is 32.7 Å². The number of carbonyl (C=O) groups is 1. The van der Waals surface area contributed by atoms with Crippen LogP contribution in [0.25, 0.3) is 11.0 Å². The van der Waals surface area contributed by atoms with E-state index >= 15 is 0 Å². The van der Waals surface area contributed by atoms with E-state index in [1.54, 1.807) is 30.9 Å². The van der Waals surface area contributed by atoms with E-state index in [-0.39, 0.29) is 21.8 Å². The summed E-state index contributed by atoms with van der Waals surface area (Å²) in [5.74, 6) is -0.699. The van der Waals surface area contributed by atoms with Gasteiger partial charge in [0.25, 0.3) is 5.91 Å². The number of piperidine rings is 2. The van der Waals surface area contributed by atoms with Gasteiger partial charge in [0.1, 0.15) is 22.4 Å². The molecular formula is C38H44ClF2N5O3S. The number of halogens is 3. The van der Waals surface area contributed by atoms with Crippen LogP contribution in [0.1, 0.15) is 86.6 Å². The minimum absolute atomic E-state index is 0.0594. The molecule has 12 heteroatoms. The molecule has 3 aliphatic rings. The number of nitrogens with one attached hydrogen (secondary N) is 1. The summed E-state index contributed by atoms with van der Waals surface area (Å²) in [6.07, 6.45) is 6.48. The molecule has 0 radical (unpaired) electrons. The number of para-hydroxylation sites is 2. The van der Waals surface area contributed by atoms with Crippen LogP contribution in [-0.2, 0) is 15.4 Å². The Labute approximate surface area is 297 Å². The number of nitrogens with zero attached hydrogens (tertiary/aromatic N) is 4. The fraction of sp³-hybridized carbons (Fsp3) is 0.474. The van der Waals surface area contributed by atoms with Gasteiger partial charge in [0.2, 0.25) is 10.0 Å². The lowest BCUT2D eigenvalue weighted by Crippen LogP contribution is -2.49. The topological polar surface area (TPSA) is 87.5 Å². The van der Waals surface area contributed by atoms with Crippen molar-refractivity contribution in [3.63, 3.8) is 0 Å². The van der Waals surface area contributed by atoms with Gasteiger partial charge in [0, 0.05) is 37.3 Å². The Morgan fingerprint density at radius 3 is 2.38 bits per heavy atom. The SMILES string of the molecule is Cc1nc2ccccc2n1C1CC2CCC(C1)N2CCC1(c2cccc(F)c2)CCN(C(=O)c2cc(S(=O)(=O)NC(C)C)c(F)cc2Cl)CC1. The molecule has 50 heavy (non-hydrogen) atoms. The second-order valence-corrected chi connectivity index (χ2v) is 16.7. The third-order valence-electron chi connectivity index (χ3n) is 11.2. The summed E-state index contributed by atoms with van der Waals surface area (Å²) in [5.41, 5.74) is 2.75. The zero-order chi connectivity index (χ0) is 35.4. The molecule has 0 saturated carbocycles. The molecule has 2 atom stereocenters. The molecule has 0 spiro atoms. The maximum atomic E-state index is 14.8. The summed E-state index contributed by atoms with van der Waals surface area (Å²) < 4.78 is 60.0. The molecule has 1 aromatic heterocycles. The number of rotatable bonds is 9. The van der Waals surface area contributed by atoms with Crippen molar-refractivity contribution < 1.29 is 22.0 Å². The number of benzene rings is 3. The summed E-state index contributed by atoms with van der Waals surface area (Å²) in [5, 5.41) is -0.143. The first kappa shape index (κ1) is 35.0. The Hall–Kier alpha value is -3.38. The van der Waals surface area contributed by atoms with Crippen molar-refractivity contribution in [2.75, 3.05) is 19.6 Å². The van der Waals surface area contributed by atoms with E-state index in [1.807, 2.05) is 12.1 Å². The smallest absolute Gasteiger partial charge is 0.255 e. The molecule has 0 aliphatic carbocycles. The largest absolute Gasteiger partial charge is 0.339 e. The number of hydrogen-bond donors (Lipinski definition) is 1. The first-order valence-electron chi connectivity index (χ1n) is 17.6. The maximum Gasteiger partial charge on any atom is 0.255 e. The molecule has 266 valence electrons. The predicted molar refractivity (Wildman–Crippen MR) is 191 cm³/mol. The zero-order valence-corrected chi connectivity index (χ0v) is 30.3. The summed E-state index contributed by atoms with van der Waals surface area (Å²) >= 11 is 6.33. The van der Waals surface area contributed by atoms with E-state index in [0.29, 0.717) is 44.1 Å². The quantitative estimate of drug-likeness (QED) is 0.195. The van der Waals surface area contributed by atoms with Gasteiger partial charge >= 0.3 is 0 Å². The van der Waals surface area contributed by atoms with Crippen molar-refractivity contribution in [3.05, 3.63) is 94.3 Å². The van der Waals surface area contributed by atoms with E-state index in [4.69, 9.17) is 16.6 Å². The van der Waals surface area contributed by atoms with Crippen LogP contribution in [0, 0.1) is 18.6 Å². The average molecular weight is 724 g/mol. The fourth-order valence-corrected chi connectivity index (χ4v) is 10.4. The van der Waals surface area contributed by atoms with Crippen LogP contribution in [0.2, 0.25) is 5.02 Å². The van der Waals surface area contributed by atoms with Crippen LogP contribution in [0.15, 0.2) is 65.6 Å². The van der Waals surface area contributed by atoms with E-state index in [2.05, 4.69) is 39.3 Å². The number of amides is 1. The number of fused-ring (bicyclic) bond motifs is 3. The Balaban J connectivity index is 1.08. The minimum Gasteiger partial charge on any atom is -0.339 e. The number of aromatic nitrogens is 2. The highest BCUT2D eigenvalue weighted by Crippen LogP contribution is 2.45. The average Bonchev–Trinajstić information content (AvgIpc) is 3.53. The number of likely N-dealkylation sites (tertiary alicyclic amines) is 1. The van der Waals surface area contributed by atoms with Crippen molar-refractivity contribution in [1.29, 1.82) is 0 Å². The number of carbonyl (C=O) groups excluding carboxylic acids is 1. The number of imidazole rings is 1. The van der Waals surface area contributed by atoms with Crippen LogP contribution in [0.5, 0.6) is 0 Å². The van der Waals surface area contributed by atoms with Gasteiger partial charge in [-0.25, -0.2) is 26.9 Å². The molecule has 3 fully saturated rings. The number of sulfonamides is 1. The Kier molecular flexibility index (Phi) is 9.56. The van der Waals surface area contributed by atoms with Crippen LogP contribution in [0.4, 0.5) is 8.78 Å². The molecule has 4 heterocycles. The first-order valence-corrected chi connectivity index (χ1v) is 19.5. The first-order chi connectivity index (χ1) is 23.8. The van der Waals surface area contributed by atoms with Gasteiger partial charge in [-0.15, -0.1) is 0 Å². The molecule has 4 aromatic rings. The molecule has 1 N–H and O–H groups in total. The normalized spacial score (nSPS) is 22.5. The molecule has 2 bridgehead atoms. The molecule has 3 saturated heterocycles. The Bertz CT molecular complexity index is 2010. The maximum absolute atomic E-state index is 14.8. The lowest BCUT2D eigenvalue weighted by atomic mass is 9.70. The fourth-order valence-electron chi connectivity index (χ4n) is 8.87. The lowest BCUT2D eigenvalue weighted by molar-refractivity contribution is 0.0606. The second kappa shape index (κ2) is 13.6. The van der Waals surface area contributed by atoms with Crippen LogP contribution in [0.3, 0.4) is 0 Å². The van der Waals surface area contributed by atoms with E-state index in [9.17, 15) is 22.0 Å². The summed E-state index contributed by atoms with van der Waals surface area (Å²) in [4.78, 5) is 22.3. The molecule has 8 nitrogen and oxygen atoms in total. The number of aryl methyl sites for hydroxylation is 1. The van der Waals surface area contributed by atoms with E-state index in [0.717, 1.165) is 67.7 Å². The van der Waals surface area contributed by atoms with Gasteiger partial charge in [-0.05, 0) is 120 Å². The highest BCUT2D eigenvalue weighted by Gasteiger charge is 2.44. The van der Waals surface area contributed by atoms with Crippen molar-refractivity contribution in [1.82, 2.24) is 24.1 Å². The van der Waals surface area contributed by atoms with Gasteiger partial charge in [-0.1, -0.05) is 35.9 Å². The van der Waals surface area contributed by atoms with Crippen molar-refractivity contribution >= 4 is 38.6 Å². The van der Waals surface area contributed by atoms with Gasteiger partial charge in [-0.2, -0.15) is 0 Å². The molecule has 7 rings (SSSR count). The van der Waals surface area contributed by atoms with Crippen molar-refractivity contribution in [2.45, 2.75) is 100 Å². The molecule has 1 amide bonds. The zero-order valence-electron chi connectivity index (χ0n) is 28.7. The third kappa shape index (κ3) is 6.58. The van der Waals surface area contributed by atoms with Gasteiger partial charge < -0.3 is 9.47 Å². The van der Waals surface area contributed by atoms with Crippen LogP contribution in [-0.4, -0.2) is 71.4 Å². The summed E-state index contributed by atoms with van der Waals surface area (Å²) in [6.45, 7) is 6.99. The van der Waals surface area contributed by atoms with Gasteiger partial charge in [0.05, 0.1) is 21.6 Å². The van der Waals surface area contributed by atoms with Gasteiger partial charge in [0.15, 0.2) is 0 Å². The Morgan fingerprint density at radius 1 is 1.00 bits per heavy atom. The van der Waals surface area contributed by atoms with Crippen molar-refractivity contribution in [2.24, 2.45) is 0 Å². The predicted octanol–water partition coefficient (Wildman–Crippen LogP) is 7.40. The Morgan fingerprint density at radius 2 is 1.70 bits per heavy atom.